The van der Waals surface area contributed by atoms with Crippen LogP contribution < -0.4 is 4.74 Å². The fourth-order valence-electron chi connectivity index (χ4n) is 2.05. The van der Waals surface area contributed by atoms with Crippen molar-refractivity contribution in [2.45, 2.75) is 40.0 Å². The van der Waals surface area contributed by atoms with Crippen molar-refractivity contribution in [3.63, 3.8) is 0 Å². The van der Waals surface area contributed by atoms with Crippen molar-refractivity contribution in [3.8, 4) is 12.0 Å². The minimum Gasteiger partial charge on any atom is -0.388 e. The van der Waals surface area contributed by atoms with E-state index in [1.807, 2.05) is 24.3 Å². The number of hydrogen-bond acceptors (Lipinski definition) is 2. The van der Waals surface area contributed by atoms with Gasteiger partial charge in [-0.2, -0.15) is 0 Å². The summed E-state index contributed by atoms with van der Waals surface area (Å²) < 4.78 is 4.74. The van der Waals surface area contributed by atoms with E-state index < -0.39 is 0 Å². The summed E-state index contributed by atoms with van der Waals surface area (Å²) >= 11 is 0. The molecule has 1 aromatic rings. The van der Waals surface area contributed by atoms with E-state index in [0.717, 1.165) is 6.42 Å². The van der Waals surface area contributed by atoms with Crippen LogP contribution in [-0.2, 0) is 6.42 Å². The molecule has 1 aromatic carbocycles. The van der Waals surface area contributed by atoms with Gasteiger partial charge in [-0.25, -0.2) is 0 Å². The predicted octanol–water partition coefficient (Wildman–Crippen LogP) is 3.92. The molecule has 1 rings (SSSR count). The second kappa shape index (κ2) is 5.55. The van der Waals surface area contributed by atoms with Crippen molar-refractivity contribution in [3.05, 3.63) is 29.8 Å². The van der Waals surface area contributed by atoms with Crippen LogP contribution in [0.4, 0.5) is 0 Å². The van der Waals surface area contributed by atoms with Crippen molar-refractivity contribution in [1.82, 2.24) is 0 Å². The van der Waals surface area contributed by atoms with Crippen LogP contribution in [0, 0.1) is 16.9 Å². The Morgan fingerprint density at radius 2 is 1.88 bits per heavy atom. The van der Waals surface area contributed by atoms with Crippen LogP contribution >= 0.6 is 0 Å². The molecule has 0 aliphatic rings. The Bertz CT molecular complexity index is 359. The van der Waals surface area contributed by atoms with E-state index >= 15 is 0 Å². The molecule has 0 amide bonds. The van der Waals surface area contributed by atoms with Crippen molar-refractivity contribution < 1.29 is 4.74 Å². The first kappa shape index (κ1) is 12.6. The molecular formula is C14H19NO. The first-order valence-electron chi connectivity index (χ1n) is 5.72. The minimum absolute atomic E-state index is 0.340. The topological polar surface area (TPSA) is 33.0 Å². The molecule has 0 aliphatic carbocycles. The van der Waals surface area contributed by atoms with E-state index in [-0.39, 0.29) is 0 Å². The Morgan fingerprint density at radius 1 is 1.25 bits per heavy atom. The Labute approximate surface area is 97.9 Å². The van der Waals surface area contributed by atoms with Crippen LogP contribution in [0.3, 0.4) is 0 Å². The highest BCUT2D eigenvalue weighted by molar-refractivity contribution is 5.28. The average molecular weight is 217 g/mol. The fraction of sp³-hybridized carbons (Fsp3) is 0.500. The maximum absolute atomic E-state index is 8.37. The van der Waals surface area contributed by atoms with Gasteiger partial charge in [-0.1, -0.05) is 39.3 Å². The summed E-state index contributed by atoms with van der Waals surface area (Å²) in [7, 11) is 0. The normalized spacial score (nSPS) is 10.9. The molecule has 0 radical (unpaired) electrons. The lowest BCUT2D eigenvalue weighted by Gasteiger charge is -2.24. The summed E-state index contributed by atoms with van der Waals surface area (Å²) in [6.07, 6.45) is 5.17. The van der Waals surface area contributed by atoms with Gasteiger partial charge in [0.15, 0.2) is 0 Å². The average Bonchev–Trinajstić information content (AvgIpc) is 2.21. The second-order valence-electron chi connectivity index (χ2n) is 4.93. The highest BCUT2D eigenvalue weighted by Crippen LogP contribution is 2.27. The first-order valence-corrected chi connectivity index (χ1v) is 5.72. The summed E-state index contributed by atoms with van der Waals surface area (Å²) in [5.41, 5.74) is 1.63. The standard InChI is InChI=1S/C14H19NO/c1-4-9-14(2,3)10-12-5-7-13(8-6-12)16-11-15/h5-8H,4,9-10H2,1-3H3. The largest absolute Gasteiger partial charge is 0.388 e. The molecule has 0 aromatic heterocycles. The number of ether oxygens (including phenoxy) is 1. The molecule has 0 aliphatic heterocycles. The Morgan fingerprint density at radius 3 is 2.38 bits per heavy atom. The van der Waals surface area contributed by atoms with Crippen LogP contribution in [-0.4, -0.2) is 0 Å². The molecule has 0 unspecified atom stereocenters. The van der Waals surface area contributed by atoms with E-state index in [9.17, 15) is 0 Å². The lowest BCUT2D eigenvalue weighted by atomic mass is 9.82. The van der Waals surface area contributed by atoms with E-state index in [2.05, 4.69) is 20.8 Å². The molecule has 2 heteroatoms. The molecule has 0 N–H and O–H groups in total. The number of benzene rings is 1. The van der Waals surface area contributed by atoms with Gasteiger partial charge >= 0.3 is 0 Å². The zero-order chi connectivity index (χ0) is 12.0. The van der Waals surface area contributed by atoms with Gasteiger partial charge in [-0.15, -0.1) is 5.26 Å². The summed E-state index contributed by atoms with van der Waals surface area (Å²) in [6.45, 7) is 6.79. The molecule has 2 nitrogen and oxygen atoms in total. The summed E-state index contributed by atoms with van der Waals surface area (Å²) in [6, 6.07) is 7.76. The molecule has 16 heavy (non-hydrogen) atoms. The van der Waals surface area contributed by atoms with E-state index in [4.69, 9.17) is 10.00 Å². The number of nitriles is 1. The Hall–Kier alpha value is -1.49. The van der Waals surface area contributed by atoms with Gasteiger partial charge in [0.05, 0.1) is 0 Å². The summed E-state index contributed by atoms with van der Waals surface area (Å²) in [4.78, 5) is 0. The SMILES string of the molecule is CCCC(C)(C)Cc1ccc(OC#N)cc1. The van der Waals surface area contributed by atoms with Crippen molar-refractivity contribution in [1.29, 1.82) is 5.26 Å². The van der Waals surface area contributed by atoms with Gasteiger partial charge in [0.2, 0.25) is 0 Å². The second-order valence-corrected chi connectivity index (χ2v) is 4.93. The highest BCUT2D eigenvalue weighted by atomic mass is 16.5. The van der Waals surface area contributed by atoms with Crippen LogP contribution in [0.2, 0.25) is 0 Å². The van der Waals surface area contributed by atoms with Gasteiger partial charge in [-0.05, 0) is 36.0 Å². The fourth-order valence-corrected chi connectivity index (χ4v) is 2.05. The maximum Gasteiger partial charge on any atom is 0.292 e. The van der Waals surface area contributed by atoms with Gasteiger partial charge in [-0.3, -0.25) is 0 Å². The van der Waals surface area contributed by atoms with Crippen LogP contribution in [0.5, 0.6) is 5.75 Å². The van der Waals surface area contributed by atoms with Crippen LogP contribution in [0.25, 0.3) is 0 Å². The highest BCUT2D eigenvalue weighted by Gasteiger charge is 2.16. The Balaban J connectivity index is 2.65. The number of hydrogen-bond donors (Lipinski definition) is 0. The predicted molar refractivity (Wildman–Crippen MR) is 65.1 cm³/mol. The van der Waals surface area contributed by atoms with E-state index in [0.29, 0.717) is 11.2 Å². The molecule has 86 valence electrons. The van der Waals surface area contributed by atoms with Crippen molar-refractivity contribution in [2.24, 2.45) is 5.41 Å². The lowest BCUT2D eigenvalue weighted by Crippen LogP contribution is -2.14. The van der Waals surface area contributed by atoms with Gasteiger partial charge < -0.3 is 4.74 Å². The van der Waals surface area contributed by atoms with Crippen molar-refractivity contribution in [2.75, 3.05) is 0 Å². The third-order valence-corrected chi connectivity index (χ3v) is 2.70. The molecule has 0 spiro atoms. The zero-order valence-electron chi connectivity index (χ0n) is 10.3. The first-order chi connectivity index (χ1) is 7.57. The van der Waals surface area contributed by atoms with E-state index in [1.165, 1.54) is 18.4 Å². The maximum atomic E-state index is 8.37. The van der Waals surface area contributed by atoms with Gasteiger partial charge in [0.25, 0.3) is 6.26 Å². The molecule has 0 saturated heterocycles. The van der Waals surface area contributed by atoms with Crippen LogP contribution in [0.15, 0.2) is 24.3 Å². The number of nitrogens with zero attached hydrogens (tertiary/aromatic N) is 1. The number of rotatable bonds is 5. The third-order valence-electron chi connectivity index (χ3n) is 2.70. The quantitative estimate of drug-likeness (QED) is 0.700. The smallest absolute Gasteiger partial charge is 0.292 e. The summed E-state index contributed by atoms with van der Waals surface area (Å²) in [5, 5.41) is 8.37. The molecular weight excluding hydrogens is 198 g/mol. The third kappa shape index (κ3) is 3.94. The molecule has 0 atom stereocenters. The summed E-state index contributed by atoms with van der Waals surface area (Å²) in [5.74, 6) is 0.611. The van der Waals surface area contributed by atoms with Gasteiger partial charge in [0.1, 0.15) is 5.75 Å². The van der Waals surface area contributed by atoms with Crippen LogP contribution in [0.1, 0.15) is 39.2 Å². The Kier molecular flexibility index (Phi) is 4.37. The molecule has 0 saturated carbocycles. The lowest BCUT2D eigenvalue weighted by molar-refractivity contribution is 0.329. The zero-order valence-corrected chi connectivity index (χ0v) is 10.3. The molecule has 0 fully saturated rings. The van der Waals surface area contributed by atoms with E-state index in [1.54, 1.807) is 6.26 Å². The van der Waals surface area contributed by atoms with Crippen molar-refractivity contribution >= 4 is 0 Å². The minimum atomic E-state index is 0.340. The molecule has 0 heterocycles. The monoisotopic (exact) mass is 217 g/mol. The molecule has 0 bridgehead atoms. The van der Waals surface area contributed by atoms with Gasteiger partial charge in [0, 0.05) is 0 Å².